The van der Waals surface area contributed by atoms with Gasteiger partial charge in [0.2, 0.25) is 5.91 Å². The highest BCUT2D eigenvalue weighted by Crippen LogP contribution is 2.49. The van der Waals surface area contributed by atoms with E-state index < -0.39 is 17.8 Å². The molecule has 0 radical (unpaired) electrons. The first-order chi connectivity index (χ1) is 14.4. The summed E-state index contributed by atoms with van der Waals surface area (Å²) in [7, 11) is 0. The fourth-order valence-electron chi connectivity index (χ4n) is 5.55. The zero-order valence-electron chi connectivity index (χ0n) is 17.6. The maximum absolute atomic E-state index is 13.2. The Hall–Kier alpha value is -2.15. The third-order valence-electron chi connectivity index (χ3n) is 7.01. The number of fused-ring (bicyclic) bond motifs is 2. The molecular weight excluding hydrogens is 400 g/mol. The van der Waals surface area contributed by atoms with Gasteiger partial charge in [0, 0.05) is 10.9 Å². The molecule has 3 aliphatic rings. The molecule has 1 aromatic heterocycles. The number of carboxylic acid groups (broad SMARTS) is 1. The lowest BCUT2D eigenvalue weighted by Gasteiger charge is -2.24. The number of rotatable bonds is 6. The summed E-state index contributed by atoms with van der Waals surface area (Å²) in [5.74, 6) is -2.71. The van der Waals surface area contributed by atoms with Crippen LogP contribution in [-0.2, 0) is 16.0 Å². The van der Waals surface area contributed by atoms with E-state index in [2.05, 4.69) is 10.6 Å². The third kappa shape index (κ3) is 3.80. The van der Waals surface area contributed by atoms with Crippen molar-refractivity contribution in [3.63, 3.8) is 0 Å². The molecule has 2 amide bonds. The standard InChI is InChI=1S/C23H30N2O4S/c1-3-16-12(2)30-22(19(16)21(27)24-15-7-5-4-6-8-15)25-20(26)17-13-9-10-14(11-13)18(17)23(28)29/h9-10,13-15,17-18H,3-8,11H2,1-2H3,(H,24,27)(H,25,26)(H,28,29)/t13-,14-,17+,18+/m0/s1. The second kappa shape index (κ2) is 8.53. The monoisotopic (exact) mass is 430 g/mol. The molecule has 2 fully saturated rings. The van der Waals surface area contributed by atoms with Crippen molar-refractivity contribution in [3.8, 4) is 0 Å². The van der Waals surface area contributed by atoms with Crippen LogP contribution in [0.4, 0.5) is 5.00 Å². The van der Waals surface area contributed by atoms with E-state index >= 15 is 0 Å². The van der Waals surface area contributed by atoms with E-state index in [0.29, 0.717) is 23.4 Å². The van der Waals surface area contributed by atoms with Crippen LogP contribution in [0, 0.1) is 30.6 Å². The Labute approximate surface area is 181 Å². The molecule has 3 N–H and O–H groups in total. The normalized spacial score (nSPS) is 27.9. The summed E-state index contributed by atoms with van der Waals surface area (Å²) in [6.07, 6.45) is 10.8. The smallest absolute Gasteiger partial charge is 0.307 e. The SMILES string of the molecule is CCc1c(C)sc(NC(=O)[C@H]2[C@H](C(=O)O)[C@H]3C=C[C@H]2C3)c1C(=O)NC1CCCCC1. The maximum atomic E-state index is 13.2. The molecule has 162 valence electrons. The molecule has 1 heterocycles. The van der Waals surface area contributed by atoms with Gasteiger partial charge in [0.1, 0.15) is 5.00 Å². The molecule has 0 aromatic carbocycles. The molecule has 7 heteroatoms. The number of carbonyl (C=O) groups is 3. The lowest BCUT2D eigenvalue weighted by molar-refractivity contribution is -0.146. The molecule has 2 saturated carbocycles. The van der Waals surface area contributed by atoms with Gasteiger partial charge in [-0.25, -0.2) is 0 Å². The summed E-state index contributed by atoms with van der Waals surface area (Å²) >= 11 is 1.41. The average molecular weight is 431 g/mol. The van der Waals surface area contributed by atoms with E-state index in [0.717, 1.165) is 36.1 Å². The Kier molecular flexibility index (Phi) is 6.00. The average Bonchev–Trinajstić information content (AvgIpc) is 3.41. The fraction of sp³-hybridized carbons (Fsp3) is 0.609. The first-order valence-corrected chi connectivity index (χ1v) is 11.9. The number of amides is 2. The number of nitrogens with one attached hydrogen (secondary N) is 2. The van der Waals surface area contributed by atoms with Crippen LogP contribution in [-0.4, -0.2) is 28.9 Å². The first-order valence-electron chi connectivity index (χ1n) is 11.1. The first kappa shape index (κ1) is 21.1. The number of thiophene rings is 1. The summed E-state index contributed by atoms with van der Waals surface area (Å²) in [5, 5.41) is 16.3. The van der Waals surface area contributed by atoms with Crippen molar-refractivity contribution in [2.24, 2.45) is 23.7 Å². The van der Waals surface area contributed by atoms with Gasteiger partial charge in [-0.05, 0) is 50.0 Å². The quantitative estimate of drug-likeness (QED) is 0.591. The molecule has 0 aliphatic heterocycles. The lowest BCUT2D eigenvalue weighted by Crippen LogP contribution is -2.38. The number of aliphatic carboxylic acids is 1. The highest BCUT2D eigenvalue weighted by molar-refractivity contribution is 7.16. The zero-order valence-corrected chi connectivity index (χ0v) is 18.4. The Morgan fingerprint density at radius 2 is 1.77 bits per heavy atom. The Bertz CT molecular complexity index is 884. The zero-order chi connectivity index (χ0) is 21.4. The van der Waals surface area contributed by atoms with Crippen molar-refractivity contribution in [1.29, 1.82) is 0 Å². The van der Waals surface area contributed by atoms with Crippen molar-refractivity contribution < 1.29 is 19.5 Å². The summed E-state index contributed by atoms with van der Waals surface area (Å²) in [5.41, 5.74) is 1.52. The van der Waals surface area contributed by atoms with E-state index in [1.807, 2.05) is 26.0 Å². The van der Waals surface area contributed by atoms with Crippen LogP contribution in [0.5, 0.6) is 0 Å². The Morgan fingerprint density at radius 3 is 2.40 bits per heavy atom. The molecule has 0 saturated heterocycles. The molecule has 4 atom stereocenters. The van der Waals surface area contributed by atoms with E-state index in [4.69, 9.17) is 0 Å². The minimum atomic E-state index is -0.918. The molecule has 4 rings (SSSR count). The van der Waals surface area contributed by atoms with Gasteiger partial charge in [0.25, 0.3) is 5.91 Å². The number of aryl methyl sites for hydroxylation is 1. The van der Waals surface area contributed by atoms with Crippen LogP contribution in [0.2, 0.25) is 0 Å². The van der Waals surface area contributed by atoms with Crippen LogP contribution < -0.4 is 10.6 Å². The van der Waals surface area contributed by atoms with Crippen LogP contribution in [0.15, 0.2) is 12.2 Å². The second-order valence-corrected chi connectivity index (χ2v) is 10.1. The van der Waals surface area contributed by atoms with Gasteiger partial charge >= 0.3 is 5.97 Å². The number of carboxylic acids is 1. The van der Waals surface area contributed by atoms with Gasteiger partial charge in [0.15, 0.2) is 0 Å². The molecule has 3 aliphatic carbocycles. The highest BCUT2D eigenvalue weighted by atomic mass is 32.1. The summed E-state index contributed by atoms with van der Waals surface area (Å²) in [4.78, 5) is 39.1. The van der Waals surface area contributed by atoms with Gasteiger partial charge in [-0.1, -0.05) is 38.3 Å². The molecular formula is C23H30N2O4S. The van der Waals surface area contributed by atoms with Crippen LogP contribution >= 0.6 is 11.3 Å². The number of anilines is 1. The van der Waals surface area contributed by atoms with Crippen molar-refractivity contribution in [3.05, 3.63) is 28.2 Å². The van der Waals surface area contributed by atoms with Crippen molar-refractivity contribution in [2.75, 3.05) is 5.32 Å². The van der Waals surface area contributed by atoms with Gasteiger partial charge in [-0.3, -0.25) is 14.4 Å². The van der Waals surface area contributed by atoms with Crippen LogP contribution in [0.25, 0.3) is 0 Å². The topological polar surface area (TPSA) is 95.5 Å². The largest absolute Gasteiger partial charge is 0.481 e. The molecule has 0 spiro atoms. The number of hydrogen-bond donors (Lipinski definition) is 3. The fourth-order valence-corrected chi connectivity index (χ4v) is 6.69. The molecule has 6 nitrogen and oxygen atoms in total. The third-order valence-corrected chi connectivity index (χ3v) is 8.08. The van der Waals surface area contributed by atoms with Gasteiger partial charge in [0.05, 0.1) is 17.4 Å². The Balaban J connectivity index is 1.56. The van der Waals surface area contributed by atoms with Crippen molar-refractivity contribution in [2.45, 2.75) is 64.8 Å². The van der Waals surface area contributed by atoms with Crippen LogP contribution in [0.1, 0.15) is 66.2 Å². The van der Waals surface area contributed by atoms with Gasteiger partial charge in [-0.2, -0.15) is 0 Å². The second-order valence-electron chi connectivity index (χ2n) is 8.83. The molecule has 2 bridgehead atoms. The highest BCUT2D eigenvalue weighted by Gasteiger charge is 2.51. The number of hydrogen-bond acceptors (Lipinski definition) is 4. The lowest BCUT2D eigenvalue weighted by atomic mass is 9.82. The van der Waals surface area contributed by atoms with Gasteiger partial charge in [-0.15, -0.1) is 11.3 Å². The predicted octanol–water partition coefficient (Wildman–Crippen LogP) is 4.14. The molecule has 0 unspecified atom stereocenters. The number of allylic oxidation sites excluding steroid dienone is 2. The van der Waals surface area contributed by atoms with Crippen LogP contribution in [0.3, 0.4) is 0 Å². The summed E-state index contributed by atoms with van der Waals surface area (Å²) in [6.45, 7) is 3.98. The van der Waals surface area contributed by atoms with E-state index in [1.54, 1.807) is 0 Å². The van der Waals surface area contributed by atoms with E-state index in [-0.39, 0.29) is 29.7 Å². The number of carbonyl (C=O) groups excluding carboxylic acids is 2. The maximum Gasteiger partial charge on any atom is 0.307 e. The molecule has 1 aromatic rings. The van der Waals surface area contributed by atoms with E-state index in [1.165, 1.54) is 17.8 Å². The van der Waals surface area contributed by atoms with Crippen molar-refractivity contribution in [1.82, 2.24) is 5.32 Å². The Morgan fingerprint density at radius 1 is 1.10 bits per heavy atom. The predicted molar refractivity (Wildman–Crippen MR) is 117 cm³/mol. The van der Waals surface area contributed by atoms with E-state index in [9.17, 15) is 19.5 Å². The van der Waals surface area contributed by atoms with Gasteiger partial charge < -0.3 is 15.7 Å². The minimum absolute atomic E-state index is 0.0395. The van der Waals surface area contributed by atoms with Crippen molar-refractivity contribution >= 4 is 34.1 Å². The minimum Gasteiger partial charge on any atom is -0.481 e. The summed E-state index contributed by atoms with van der Waals surface area (Å²) in [6, 6.07) is 0.187. The molecule has 30 heavy (non-hydrogen) atoms. The summed E-state index contributed by atoms with van der Waals surface area (Å²) < 4.78 is 0.